The van der Waals surface area contributed by atoms with Crippen LogP contribution in [-0.2, 0) is 0 Å². The molecule has 0 saturated carbocycles. The van der Waals surface area contributed by atoms with Crippen LogP contribution in [0.3, 0.4) is 0 Å². The zero-order chi connectivity index (χ0) is 28.8. The highest BCUT2D eigenvalue weighted by Gasteiger charge is 2.36. The number of benzene rings is 7. The summed E-state index contributed by atoms with van der Waals surface area (Å²) in [5.74, 6) is 1.11. The molecule has 2 nitrogen and oxygen atoms in total. The normalized spacial score (nSPS) is 17.1. The molecule has 2 heteroatoms. The van der Waals surface area contributed by atoms with Gasteiger partial charge in [0.15, 0.2) is 0 Å². The summed E-state index contributed by atoms with van der Waals surface area (Å²) in [6.45, 7) is 0. The second kappa shape index (κ2) is 8.95. The van der Waals surface area contributed by atoms with Gasteiger partial charge in [-0.15, -0.1) is 0 Å². The third-order valence-corrected chi connectivity index (χ3v) is 9.59. The first kappa shape index (κ1) is 23.9. The van der Waals surface area contributed by atoms with Gasteiger partial charge >= 0.3 is 0 Å². The van der Waals surface area contributed by atoms with Gasteiger partial charge in [0.25, 0.3) is 0 Å². The van der Waals surface area contributed by atoms with Crippen LogP contribution in [0.25, 0.3) is 76.5 Å². The summed E-state index contributed by atoms with van der Waals surface area (Å²) in [5.41, 5.74) is 7.98. The molecule has 0 N–H and O–H groups in total. The van der Waals surface area contributed by atoms with E-state index in [1.54, 1.807) is 0 Å². The number of furan rings is 1. The molecule has 1 aliphatic heterocycles. The fraction of sp³-hybridized carbons (Fsp3) is 0.0476. The Hall–Kier alpha value is -5.60. The van der Waals surface area contributed by atoms with Gasteiger partial charge in [-0.3, -0.25) is 0 Å². The van der Waals surface area contributed by atoms with Crippen molar-refractivity contribution in [3.05, 3.63) is 151 Å². The Balaban J connectivity index is 1.41. The van der Waals surface area contributed by atoms with E-state index in [1.165, 1.54) is 60.1 Å². The predicted octanol–water partition coefficient (Wildman–Crippen LogP) is 11.4. The van der Waals surface area contributed by atoms with E-state index in [1.807, 2.05) is 6.07 Å². The molecule has 0 radical (unpaired) electrons. The SMILES string of the molecule is C1=CC2Oc3cc(-c4c5ccccc5c(-c5ccccc5)c5ccccc45)c4ccc5oc6ccccc6c5c4c3C2C=C1. The van der Waals surface area contributed by atoms with Gasteiger partial charge in [0.05, 0.1) is 0 Å². The predicted molar refractivity (Wildman–Crippen MR) is 183 cm³/mol. The smallest absolute Gasteiger partial charge is 0.136 e. The highest BCUT2D eigenvalue weighted by Crippen LogP contribution is 2.53. The van der Waals surface area contributed by atoms with Crippen molar-refractivity contribution in [1.29, 1.82) is 0 Å². The van der Waals surface area contributed by atoms with Crippen LogP contribution in [0.4, 0.5) is 0 Å². The van der Waals surface area contributed by atoms with Crippen molar-refractivity contribution in [1.82, 2.24) is 0 Å². The zero-order valence-electron chi connectivity index (χ0n) is 23.8. The molecule has 2 aliphatic rings. The van der Waals surface area contributed by atoms with Crippen molar-refractivity contribution in [3.8, 4) is 28.0 Å². The summed E-state index contributed by atoms with van der Waals surface area (Å²) in [6.07, 6.45) is 8.70. The number of hydrogen-bond donors (Lipinski definition) is 0. The fourth-order valence-corrected chi connectivity index (χ4v) is 7.81. The zero-order valence-corrected chi connectivity index (χ0v) is 23.8. The molecule has 1 aliphatic carbocycles. The highest BCUT2D eigenvalue weighted by atomic mass is 16.5. The Morgan fingerprint density at radius 3 is 1.86 bits per heavy atom. The van der Waals surface area contributed by atoms with Gasteiger partial charge in [0, 0.05) is 27.6 Å². The van der Waals surface area contributed by atoms with E-state index in [0.29, 0.717) is 0 Å². The van der Waals surface area contributed by atoms with Crippen LogP contribution in [0.15, 0.2) is 150 Å². The van der Waals surface area contributed by atoms with Crippen LogP contribution >= 0.6 is 0 Å². The fourth-order valence-electron chi connectivity index (χ4n) is 7.81. The van der Waals surface area contributed by atoms with Gasteiger partial charge in [-0.25, -0.2) is 0 Å². The van der Waals surface area contributed by atoms with Crippen molar-refractivity contribution in [2.24, 2.45) is 0 Å². The van der Waals surface area contributed by atoms with Crippen molar-refractivity contribution in [3.63, 3.8) is 0 Å². The molecule has 1 aromatic heterocycles. The maximum absolute atomic E-state index is 6.77. The third-order valence-electron chi connectivity index (χ3n) is 9.59. The first-order valence-corrected chi connectivity index (χ1v) is 15.3. The third kappa shape index (κ3) is 3.20. The Morgan fingerprint density at radius 1 is 0.477 bits per heavy atom. The van der Waals surface area contributed by atoms with E-state index in [0.717, 1.165) is 27.7 Å². The van der Waals surface area contributed by atoms with E-state index in [4.69, 9.17) is 9.15 Å². The summed E-state index contributed by atoms with van der Waals surface area (Å²) in [6, 6.07) is 43.6. The second-order valence-electron chi connectivity index (χ2n) is 11.9. The largest absolute Gasteiger partial charge is 0.485 e. The summed E-state index contributed by atoms with van der Waals surface area (Å²) < 4.78 is 13.2. The van der Waals surface area contributed by atoms with Crippen LogP contribution in [0, 0.1) is 0 Å². The lowest BCUT2D eigenvalue weighted by Gasteiger charge is -2.20. The summed E-state index contributed by atoms with van der Waals surface area (Å²) in [7, 11) is 0. The van der Waals surface area contributed by atoms with Gasteiger partial charge in [-0.05, 0) is 79.5 Å². The average molecular weight is 563 g/mol. The van der Waals surface area contributed by atoms with Crippen LogP contribution in [0.5, 0.6) is 5.75 Å². The average Bonchev–Trinajstić information content (AvgIpc) is 3.65. The molecule has 0 amide bonds. The molecular weight excluding hydrogens is 536 g/mol. The minimum Gasteiger partial charge on any atom is -0.485 e. The van der Waals surface area contributed by atoms with E-state index in [2.05, 4.69) is 140 Å². The summed E-state index contributed by atoms with van der Waals surface area (Å²) >= 11 is 0. The molecule has 2 heterocycles. The number of rotatable bonds is 2. The number of ether oxygens (including phenoxy) is 1. The molecule has 2 atom stereocenters. The lowest BCUT2D eigenvalue weighted by Crippen LogP contribution is -2.15. The molecular formula is C42H26O2. The highest BCUT2D eigenvalue weighted by molar-refractivity contribution is 6.27. The quantitative estimate of drug-likeness (QED) is 0.196. The van der Waals surface area contributed by atoms with Crippen molar-refractivity contribution < 1.29 is 9.15 Å². The standard InChI is InChI=1S/C42H26O2/c1-2-12-25(13-3-1)38-26-14-4-6-16-28(26)39(29-17-7-5-15-27(29)38)33-24-37-41(32-19-9-11-21-35(32)44-37)42-30(33)22-23-36-40(42)31-18-8-10-20-34(31)43-36/h1-24,32,35H. The maximum Gasteiger partial charge on any atom is 0.136 e. The Morgan fingerprint density at radius 2 is 1.11 bits per heavy atom. The lowest BCUT2D eigenvalue weighted by atomic mass is 9.81. The van der Waals surface area contributed by atoms with E-state index >= 15 is 0 Å². The van der Waals surface area contributed by atoms with Crippen molar-refractivity contribution in [2.75, 3.05) is 0 Å². The van der Waals surface area contributed by atoms with Crippen molar-refractivity contribution in [2.45, 2.75) is 12.0 Å². The Kier molecular flexibility index (Phi) is 4.86. The molecule has 2 unspecified atom stereocenters. The Bertz CT molecular complexity index is 2470. The molecule has 8 aromatic rings. The van der Waals surface area contributed by atoms with Gasteiger partial charge in [0.2, 0.25) is 0 Å². The molecule has 0 spiro atoms. The second-order valence-corrected chi connectivity index (χ2v) is 11.9. The lowest BCUT2D eigenvalue weighted by molar-refractivity contribution is 0.269. The first-order chi connectivity index (χ1) is 21.8. The van der Waals surface area contributed by atoms with E-state index in [-0.39, 0.29) is 12.0 Å². The van der Waals surface area contributed by atoms with Gasteiger partial charge < -0.3 is 9.15 Å². The molecule has 7 aromatic carbocycles. The van der Waals surface area contributed by atoms with Crippen LogP contribution < -0.4 is 4.74 Å². The van der Waals surface area contributed by atoms with E-state index in [9.17, 15) is 0 Å². The Labute approximate surface area is 254 Å². The van der Waals surface area contributed by atoms with Crippen molar-refractivity contribution >= 4 is 54.3 Å². The van der Waals surface area contributed by atoms with Gasteiger partial charge in [-0.1, -0.05) is 115 Å². The molecule has 0 bridgehead atoms. The number of allylic oxidation sites excluding steroid dienone is 2. The number of hydrogen-bond acceptors (Lipinski definition) is 2. The van der Waals surface area contributed by atoms with Crippen LogP contribution in [0.2, 0.25) is 0 Å². The molecule has 0 saturated heterocycles. The van der Waals surface area contributed by atoms with Crippen LogP contribution in [-0.4, -0.2) is 6.10 Å². The van der Waals surface area contributed by atoms with Gasteiger partial charge in [-0.2, -0.15) is 0 Å². The summed E-state index contributed by atoms with van der Waals surface area (Å²) in [5, 5.41) is 9.72. The minimum absolute atomic E-state index is 0.0178. The summed E-state index contributed by atoms with van der Waals surface area (Å²) in [4.78, 5) is 0. The van der Waals surface area contributed by atoms with E-state index < -0.39 is 0 Å². The molecule has 44 heavy (non-hydrogen) atoms. The minimum atomic E-state index is -0.0178. The number of para-hydroxylation sites is 1. The monoisotopic (exact) mass is 562 g/mol. The molecule has 10 rings (SSSR count). The molecule has 0 fully saturated rings. The molecule has 206 valence electrons. The van der Waals surface area contributed by atoms with Crippen LogP contribution in [0.1, 0.15) is 11.5 Å². The maximum atomic E-state index is 6.77. The first-order valence-electron chi connectivity index (χ1n) is 15.3. The topological polar surface area (TPSA) is 22.4 Å². The number of fused-ring (bicyclic) bond motifs is 11. The van der Waals surface area contributed by atoms with Gasteiger partial charge in [0.1, 0.15) is 23.0 Å².